The van der Waals surface area contributed by atoms with Crippen LogP contribution in [0.25, 0.3) is 0 Å². The van der Waals surface area contributed by atoms with Crippen molar-refractivity contribution in [2.75, 3.05) is 11.9 Å². The number of aromatic nitrogens is 2. The lowest BCUT2D eigenvalue weighted by molar-refractivity contribution is 0.303. The highest BCUT2D eigenvalue weighted by Crippen LogP contribution is 2.29. The first-order chi connectivity index (χ1) is 6.84. The molecule has 2 rings (SSSR count). The van der Waals surface area contributed by atoms with E-state index in [4.69, 9.17) is 11.6 Å². The van der Waals surface area contributed by atoms with E-state index >= 15 is 0 Å². The summed E-state index contributed by atoms with van der Waals surface area (Å²) in [4.78, 5) is 0. The summed E-state index contributed by atoms with van der Waals surface area (Å²) in [7, 11) is 0. The van der Waals surface area contributed by atoms with Gasteiger partial charge in [0.15, 0.2) is 5.15 Å². The van der Waals surface area contributed by atoms with E-state index in [0.717, 1.165) is 18.2 Å². The molecule has 1 heterocycles. The lowest BCUT2D eigenvalue weighted by atomic mass is 9.83. The standard InChI is InChI=1S/C10H14ClN3/c11-10-6-9(7-13-14-10)12-5-4-8-2-1-3-8/h6-8H,1-5H2,(H,12,14). The number of rotatable bonds is 4. The third-order valence-corrected chi connectivity index (χ3v) is 2.92. The van der Waals surface area contributed by atoms with Crippen LogP contribution in [-0.2, 0) is 0 Å². The van der Waals surface area contributed by atoms with E-state index in [0.29, 0.717) is 5.15 Å². The SMILES string of the molecule is Clc1cc(NCCC2CCC2)cnn1. The molecule has 0 aromatic carbocycles. The minimum atomic E-state index is 0.443. The Morgan fingerprint density at radius 2 is 2.36 bits per heavy atom. The molecule has 1 aromatic rings. The number of hydrogen-bond donors (Lipinski definition) is 1. The smallest absolute Gasteiger partial charge is 0.153 e. The topological polar surface area (TPSA) is 37.8 Å². The van der Waals surface area contributed by atoms with Crippen molar-refractivity contribution >= 4 is 17.3 Å². The van der Waals surface area contributed by atoms with Crippen molar-refractivity contribution in [3.63, 3.8) is 0 Å². The van der Waals surface area contributed by atoms with E-state index in [1.807, 2.05) is 0 Å². The van der Waals surface area contributed by atoms with Gasteiger partial charge in [-0.05, 0) is 12.3 Å². The van der Waals surface area contributed by atoms with Crippen LogP contribution < -0.4 is 5.32 Å². The molecule has 1 fully saturated rings. The van der Waals surface area contributed by atoms with Gasteiger partial charge in [-0.25, -0.2) is 0 Å². The minimum Gasteiger partial charge on any atom is -0.384 e. The molecule has 0 atom stereocenters. The fraction of sp³-hybridized carbons (Fsp3) is 0.600. The summed E-state index contributed by atoms with van der Waals surface area (Å²) in [5.74, 6) is 0.938. The molecule has 3 nitrogen and oxygen atoms in total. The molecular formula is C10H14ClN3. The van der Waals surface area contributed by atoms with Crippen LogP contribution in [0, 0.1) is 5.92 Å². The van der Waals surface area contributed by atoms with Crippen LogP contribution in [-0.4, -0.2) is 16.7 Å². The highest BCUT2D eigenvalue weighted by atomic mass is 35.5. The van der Waals surface area contributed by atoms with Gasteiger partial charge in [0, 0.05) is 12.6 Å². The van der Waals surface area contributed by atoms with Crippen molar-refractivity contribution in [1.29, 1.82) is 0 Å². The molecule has 0 amide bonds. The predicted octanol–water partition coefficient (Wildman–Crippen LogP) is 2.73. The largest absolute Gasteiger partial charge is 0.384 e. The fourth-order valence-corrected chi connectivity index (χ4v) is 1.80. The Balaban J connectivity index is 1.74. The Morgan fingerprint density at radius 3 is 3.00 bits per heavy atom. The summed E-state index contributed by atoms with van der Waals surface area (Å²) in [6, 6.07) is 1.80. The summed E-state index contributed by atoms with van der Waals surface area (Å²) < 4.78 is 0. The number of hydrogen-bond acceptors (Lipinski definition) is 3. The lowest BCUT2D eigenvalue weighted by Gasteiger charge is -2.25. The van der Waals surface area contributed by atoms with Crippen molar-refractivity contribution in [1.82, 2.24) is 10.2 Å². The molecule has 0 spiro atoms. The maximum absolute atomic E-state index is 5.71. The maximum atomic E-state index is 5.71. The molecule has 1 aliphatic carbocycles. The third-order valence-electron chi connectivity index (χ3n) is 2.73. The summed E-state index contributed by atoms with van der Waals surface area (Å²) in [5.41, 5.74) is 0.962. The molecule has 1 saturated carbocycles. The molecule has 0 radical (unpaired) electrons. The molecule has 1 N–H and O–H groups in total. The van der Waals surface area contributed by atoms with E-state index in [1.54, 1.807) is 12.3 Å². The van der Waals surface area contributed by atoms with Gasteiger partial charge in [-0.3, -0.25) is 0 Å². The Kier molecular flexibility index (Phi) is 3.19. The highest BCUT2D eigenvalue weighted by Gasteiger charge is 2.16. The second kappa shape index (κ2) is 4.60. The van der Waals surface area contributed by atoms with E-state index in [-0.39, 0.29) is 0 Å². The van der Waals surface area contributed by atoms with Gasteiger partial charge in [-0.1, -0.05) is 30.9 Å². The van der Waals surface area contributed by atoms with Crippen molar-refractivity contribution in [2.24, 2.45) is 5.92 Å². The van der Waals surface area contributed by atoms with Gasteiger partial charge in [-0.15, -0.1) is 5.10 Å². The van der Waals surface area contributed by atoms with Gasteiger partial charge in [-0.2, -0.15) is 5.10 Å². The molecule has 1 aliphatic rings. The van der Waals surface area contributed by atoms with Crippen LogP contribution in [0.3, 0.4) is 0 Å². The molecule has 0 unspecified atom stereocenters. The molecule has 0 saturated heterocycles. The van der Waals surface area contributed by atoms with Crippen molar-refractivity contribution in [2.45, 2.75) is 25.7 Å². The monoisotopic (exact) mass is 211 g/mol. The molecule has 14 heavy (non-hydrogen) atoms. The van der Waals surface area contributed by atoms with Crippen LogP contribution in [0.5, 0.6) is 0 Å². The number of anilines is 1. The molecule has 4 heteroatoms. The second-order valence-corrected chi connectivity index (χ2v) is 4.17. The molecule has 0 aliphatic heterocycles. The van der Waals surface area contributed by atoms with Gasteiger partial charge < -0.3 is 5.32 Å². The maximum Gasteiger partial charge on any atom is 0.153 e. The third kappa shape index (κ3) is 2.58. The van der Waals surface area contributed by atoms with Crippen LogP contribution in [0.2, 0.25) is 5.15 Å². The second-order valence-electron chi connectivity index (χ2n) is 3.78. The van der Waals surface area contributed by atoms with Crippen LogP contribution in [0.4, 0.5) is 5.69 Å². The van der Waals surface area contributed by atoms with E-state index in [1.165, 1.54) is 25.7 Å². The Labute approximate surface area is 88.9 Å². The average molecular weight is 212 g/mol. The average Bonchev–Trinajstić information content (AvgIpc) is 2.09. The normalized spacial score (nSPS) is 16.4. The summed E-state index contributed by atoms with van der Waals surface area (Å²) in [5, 5.41) is 11.2. The first-order valence-electron chi connectivity index (χ1n) is 5.07. The predicted molar refractivity (Wildman–Crippen MR) is 57.5 cm³/mol. The zero-order valence-electron chi connectivity index (χ0n) is 8.04. The van der Waals surface area contributed by atoms with Gasteiger partial charge in [0.05, 0.1) is 11.9 Å². The van der Waals surface area contributed by atoms with Crippen LogP contribution in [0.1, 0.15) is 25.7 Å². The van der Waals surface area contributed by atoms with Crippen LogP contribution >= 0.6 is 11.6 Å². The summed E-state index contributed by atoms with van der Waals surface area (Å²) in [6.07, 6.45) is 7.16. The van der Waals surface area contributed by atoms with Gasteiger partial charge in [0.25, 0.3) is 0 Å². The van der Waals surface area contributed by atoms with Crippen LogP contribution in [0.15, 0.2) is 12.3 Å². The number of halogens is 1. The summed E-state index contributed by atoms with van der Waals surface area (Å²) in [6.45, 7) is 1.01. The number of nitrogens with zero attached hydrogens (tertiary/aromatic N) is 2. The first kappa shape index (κ1) is 9.71. The van der Waals surface area contributed by atoms with E-state index in [9.17, 15) is 0 Å². The Morgan fingerprint density at radius 1 is 1.50 bits per heavy atom. The summed E-state index contributed by atoms with van der Waals surface area (Å²) >= 11 is 5.71. The zero-order valence-corrected chi connectivity index (χ0v) is 8.80. The molecule has 76 valence electrons. The highest BCUT2D eigenvalue weighted by molar-refractivity contribution is 6.29. The minimum absolute atomic E-state index is 0.443. The lowest BCUT2D eigenvalue weighted by Crippen LogP contribution is -2.15. The van der Waals surface area contributed by atoms with Crippen molar-refractivity contribution in [3.8, 4) is 0 Å². The Bertz CT molecular complexity index is 299. The molecule has 1 aromatic heterocycles. The molecular weight excluding hydrogens is 198 g/mol. The van der Waals surface area contributed by atoms with E-state index in [2.05, 4.69) is 15.5 Å². The van der Waals surface area contributed by atoms with E-state index < -0.39 is 0 Å². The fourth-order valence-electron chi connectivity index (χ4n) is 1.64. The van der Waals surface area contributed by atoms with Crippen molar-refractivity contribution < 1.29 is 0 Å². The number of nitrogens with one attached hydrogen (secondary N) is 1. The quantitative estimate of drug-likeness (QED) is 0.832. The van der Waals surface area contributed by atoms with Gasteiger partial charge in [0.2, 0.25) is 0 Å². The Hall–Kier alpha value is -0.830. The van der Waals surface area contributed by atoms with Gasteiger partial charge >= 0.3 is 0 Å². The zero-order chi connectivity index (χ0) is 9.80. The first-order valence-corrected chi connectivity index (χ1v) is 5.44. The van der Waals surface area contributed by atoms with Crippen molar-refractivity contribution in [3.05, 3.63) is 17.4 Å². The van der Waals surface area contributed by atoms with Gasteiger partial charge in [0.1, 0.15) is 0 Å². The molecule has 0 bridgehead atoms.